The van der Waals surface area contributed by atoms with Gasteiger partial charge in [0.25, 0.3) is 0 Å². The molecule has 2 N–H and O–H groups in total. The molecule has 26 heavy (non-hydrogen) atoms. The van der Waals surface area contributed by atoms with Crippen LogP contribution < -0.4 is 4.74 Å². The largest absolute Gasteiger partial charge is 0.497 e. The number of fused-ring (bicyclic) bond motifs is 1. The number of rotatable bonds is 6. The first-order valence-electron chi connectivity index (χ1n) is 8.75. The minimum atomic E-state index is -1.00. The van der Waals surface area contributed by atoms with Crippen molar-refractivity contribution in [3.8, 4) is 5.75 Å². The molecule has 0 bridgehead atoms. The smallest absolute Gasteiger partial charge is 0.307 e. The molecule has 2 unspecified atom stereocenters. The lowest BCUT2D eigenvalue weighted by Gasteiger charge is -2.31. The van der Waals surface area contributed by atoms with Gasteiger partial charge in [-0.25, -0.2) is 4.39 Å². The molecule has 7 heteroatoms. The van der Waals surface area contributed by atoms with Gasteiger partial charge in [0.15, 0.2) is 0 Å². The van der Waals surface area contributed by atoms with E-state index in [1.807, 2.05) is 4.90 Å². The number of methoxy groups -OCH3 is 1. The Morgan fingerprint density at radius 3 is 3.04 bits per heavy atom. The van der Waals surface area contributed by atoms with Crippen molar-refractivity contribution in [3.63, 3.8) is 0 Å². The van der Waals surface area contributed by atoms with E-state index in [0.717, 1.165) is 19.2 Å². The first-order valence-corrected chi connectivity index (χ1v) is 8.75. The summed E-state index contributed by atoms with van der Waals surface area (Å²) in [6.07, 6.45) is 1.93. The molecule has 0 radical (unpaired) electrons. The van der Waals surface area contributed by atoms with Crippen LogP contribution in [0.2, 0.25) is 0 Å². The number of benzene rings is 1. The summed E-state index contributed by atoms with van der Waals surface area (Å²) in [6.45, 7) is 1.78. The van der Waals surface area contributed by atoms with E-state index in [-0.39, 0.29) is 11.5 Å². The van der Waals surface area contributed by atoms with Gasteiger partial charge in [0.05, 0.1) is 30.8 Å². The Morgan fingerprint density at radius 1 is 1.50 bits per heavy atom. The van der Waals surface area contributed by atoms with Crippen molar-refractivity contribution in [2.24, 2.45) is 5.92 Å². The molecule has 1 aliphatic heterocycles. The summed E-state index contributed by atoms with van der Waals surface area (Å²) < 4.78 is 19.6. The molecule has 0 saturated carbocycles. The van der Waals surface area contributed by atoms with Gasteiger partial charge >= 0.3 is 5.97 Å². The number of hydrogen-bond acceptors (Lipinski definition) is 5. The molecule has 1 saturated heterocycles. The summed E-state index contributed by atoms with van der Waals surface area (Å²) in [5, 5.41) is 20.3. The lowest BCUT2D eigenvalue weighted by Crippen LogP contribution is -2.39. The molecule has 6 nitrogen and oxygen atoms in total. The summed E-state index contributed by atoms with van der Waals surface area (Å²) in [7, 11) is 1.53. The van der Waals surface area contributed by atoms with Crippen molar-refractivity contribution >= 4 is 16.9 Å². The zero-order valence-corrected chi connectivity index (χ0v) is 14.7. The van der Waals surface area contributed by atoms with Gasteiger partial charge in [-0.15, -0.1) is 0 Å². The standard InChI is InChI=1S/C19H23FN2O4/c1-26-13-4-5-16-14(9-13)18(15(20)10-21-16)17(23)6-8-22-7-2-3-12(11-22)19(24)25/h4-5,9-10,12,17,23H,2-3,6-8,11H2,1H3,(H,24,25). The van der Waals surface area contributed by atoms with Gasteiger partial charge in [-0.2, -0.15) is 0 Å². The van der Waals surface area contributed by atoms with Crippen LogP contribution in [0.5, 0.6) is 5.75 Å². The molecule has 140 valence electrons. The Morgan fingerprint density at radius 2 is 2.31 bits per heavy atom. The van der Waals surface area contributed by atoms with Crippen molar-refractivity contribution in [2.75, 3.05) is 26.7 Å². The number of aliphatic hydroxyl groups excluding tert-OH is 1. The number of halogens is 1. The second-order valence-corrected chi connectivity index (χ2v) is 6.69. The Hall–Kier alpha value is -2.25. The number of hydrogen-bond donors (Lipinski definition) is 2. The van der Waals surface area contributed by atoms with Crippen LogP contribution >= 0.6 is 0 Å². The van der Waals surface area contributed by atoms with Gasteiger partial charge in [0.1, 0.15) is 11.6 Å². The molecule has 2 aromatic rings. The van der Waals surface area contributed by atoms with E-state index in [9.17, 15) is 19.4 Å². The van der Waals surface area contributed by atoms with E-state index in [4.69, 9.17) is 4.74 Å². The van der Waals surface area contributed by atoms with Crippen molar-refractivity contribution < 1.29 is 24.1 Å². The topological polar surface area (TPSA) is 82.9 Å². The summed E-state index contributed by atoms with van der Waals surface area (Å²) in [5.41, 5.74) is 0.797. The average Bonchev–Trinajstić information content (AvgIpc) is 2.65. The molecule has 1 aliphatic rings. The van der Waals surface area contributed by atoms with E-state index >= 15 is 0 Å². The summed E-state index contributed by atoms with van der Waals surface area (Å²) in [4.78, 5) is 17.2. The lowest BCUT2D eigenvalue weighted by atomic mass is 9.97. The lowest BCUT2D eigenvalue weighted by molar-refractivity contribution is -0.143. The highest BCUT2D eigenvalue weighted by Crippen LogP contribution is 2.31. The SMILES string of the molecule is COc1ccc2ncc(F)c(C(O)CCN3CCCC(C(=O)O)C3)c2c1. The second-order valence-electron chi connectivity index (χ2n) is 6.69. The van der Waals surface area contributed by atoms with Gasteiger partial charge in [-0.1, -0.05) is 0 Å². The molecular formula is C19H23FN2O4. The number of carbonyl (C=O) groups is 1. The number of carboxylic acid groups (broad SMARTS) is 1. The number of pyridine rings is 1. The predicted molar refractivity (Wildman–Crippen MR) is 94.6 cm³/mol. The molecule has 1 fully saturated rings. The maximum Gasteiger partial charge on any atom is 0.307 e. The number of aliphatic carboxylic acids is 1. The minimum Gasteiger partial charge on any atom is -0.497 e. The van der Waals surface area contributed by atoms with Crippen molar-refractivity contribution in [1.29, 1.82) is 0 Å². The Bertz CT molecular complexity index is 798. The number of likely N-dealkylation sites (tertiary alicyclic amines) is 1. The maximum absolute atomic E-state index is 14.4. The van der Waals surface area contributed by atoms with Crippen LogP contribution in [0.1, 0.15) is 30.9 Å². The summed E-state index contributed by atoms with van der Waals surface area (Å²) >= 11 is 0. The van der Waals surface area contributed by atoms with E-state index in [0.29, 0.717) is 42.6 Å². The molecular weight excluding hydrogens is 339 g/mol. The number of piperidine rings is 1. The number of ether oxygens (including phenoxy) is 1. The van der Waals surface area contributed by atoms with Gasteiger partial charge in [0.2, 0.25) is 0 Å². The Kier molecular flexibility index (Phi) is 5.68. The van der Waals surface area contributed by atoms with Crippen LogP contribution in [0, 0.1) is 11.7 Å². The van der Waals surface area contributed by atoms with Crippen LogP contribution in [-0.4, -0.2) is 52.8 Å². The van der Waals surface area contributed by atoms with Crippen molar-refractivity contribution in [3.05, 3.63) is 35.8 Å². The zero-order valence-electron chi connectivity index (χ0n) is 14.7. The first-order chi connectivity index (χ1) is 12.5. The highest BCUT2D eigenvalue weighted by Gasteiger charge is 2.26. The maximum atomic E-state index is 14.4. The zero-order chi connectivity index (χ0) is 18.7. The van der Waals surface area contributed by atoms with E-state index < -0.39 is 17.9 Å². The van der Waals surface area contributed by atoms with Crippen LogP contribution in [0.15, 0.2) is 24.4 Å². The van der Waals surface area contributed by atoms with Gasteiger partial charge < -0.3 is 19.8 Å². The summed E-state index contributed by atoms with van der Waals surface area (Å²) in [5.74, 6) is -1.14. The van der Waals surface area contributed by atoms with E-state index in [2.05, 4.69) is 4.98 Å². The number of aromatic nitrogens is 1. The van der Waals surface area contributed by atoms with E-state index in [1.165, 1.54) is 7.11 Å². The quantitative estimate of drug-likeness (QED) is 0.822. The third-order valence-electron chi connectivity index (χ3n) is 4.97. The highest BCUT2D eigenvalue weighted by molar-refractivity contribution is 5.84. The van der Waals surface area contributed by atoms with Gasteiger partial charge in [0, 0.05) is 24.0 Å². The summed E-state index contributed by atoms with van der Waals surface area (Å²) in [6, 6.07) is 5.14. The van der Waals surface area contributed by atoms with Gasteiger partial charge in [-0.3, -0.25) is 9.78 Å². The normalized spacial score (nSPS) is 19.4. The van der Waals surface area contributed by atoms with Crippen molar-refractivity contribution in [2.45, 2.75) is 25.4 Å². The number of aliphatic hydroxyl groups is 1. The third kappa shape index (κ3) is 3.94. The molecule has 3 rings (SSSR count). The fraction of sp³-hybridized carbons (Fsp3) is 0.474. The van der Waals surface area contributed by atoms with Crippen LogP contribution in [0.3, 0.4) is 0 Å². The van der Waals surface area contributed by atoms with Crippen LogP contribution in [-0.2, 0) is 4.79 Å². The molecule has 0 spiro atoms. The molecule has 1 aromatic carbocycles. The predicted octanol–water partition coefficient (Wildman–Crippen LogP) is 2.60. The number of nitrogens with zero attached hydrogens (tertiary/aromatic N) is 2. The molecule has 1 aromatic heterocycles. The fourth-order valence-electron chi connectivity index (χ4n) is 3.54. The third-order valence-corrected chi connectivity index (χ3v) is 4.97. The first kappa shape index (κ1) is 18.5. The molecule has 0 aliphatic carbocycles. The molecule has 0 amide bonds. The van der Waals surface area contributed by atoms with Crippen LogP contribution in [0.25, 0.3) is 10.9 Å². The minimum absolute atomic E-state index is 0.209. The second kappa shape index (κ2) is 7.97. The Labute approximate surface area is 151 Å². The molecule has 2 atom stereocenters. The van der Waals surface area contributed by atoms with Crippen LogP contribution in [0.4, 0.5) is 4.39 Å². The Balaban J connectivity index is 1.76. The highest BCUT2D eigenvalue weighted by atomic mass is 19.1. The fourth-order valence-corrected chi connectivity index (χ4v) is 3.54. The number of carboxylic acids is 1. The van der Waals surface area contributed by atoms with Gasteiger partial charge in [-0.05, 0) is 44.0 Å². The van der Waals surface area contributed by atoms with E-state index in [1.54, 1.807) is 18.2 Å². The molecule has 2 heterocycles. The van der Waals surface area contributed by atoms with Crippen molar-refractivity contribution in [1.82, 2.24) is 9.88 Å². The monoisotopic (exact) mass is 362 g/mol. The average molecular weight is 362 g/mol.